The summed E-state index contributed by atoms with van der Waals surface area (Å²) in [5.41, 5.74) is 0.624. The van der Waals surface area contributed by atoms with Crippen molar-refractivity contribution < 1.29 is 35.1 Å². The van der Waals surface area contributed by atoms with Crippen LogP contribution in [-0.2, 0) is 0 Å². The van der Waals surface area contributed by atoms with E-state index in [9.17, 15) is 30.3 Å². The van der Waals surface area contributed by atoms with Gasteiger partial charge in [-0.2, -0.15) is 0 Å². The van der Waals surface area contributed by atoms with E-state index in [0.717, 1.165) is 11.1 Å². The predicted molar refractivity (Wildman–Crippen MR) is 104 cm³/mol. The van der Waals surface area contributed by atoms with E-state index in [1.165, 1.54) is 0 Å². The van der Waals surface area contributed by atoms with E-state index < -0.39 is 36.6 Å². The summed E-state index contributed by atoms with van der Waals surface area (Å²) < 4.78 is 5.43. The summed E-state index contributed by atoms with van der Waals surface area (Å²) in [6.07, 6.45) is -4.83. The fraction of sp³-hybridized carbons (Fsp3) is 0.381. The number of carbonyl (C=O) groups is 1. The molecule has 5 atom stereocenters. The number of aliphatic hydroxyl groups excluding tert-OH is 4. The second kappa shape index (κ2) is 8.10. The molecule has 29 heavy (non-hydrogen) atoms. The molecule has 0 aromatic heterocycles. The highest BCUT2D eigenvalue weighted by Crippen LogP contribution is 2.42. The van der Waals surface area contributed by atoms with Gasteiger partial charge in [0.1, 0.15) is 11.9 Å². The Morgan fingerprint density at radius 3 is 2.52 bits per heavy atom. The third kappa shape index (κ3) is 3.61. The molecule has 156 valence electrons. The molecule has 0 radical (unpaired) electrons. The lowest BCUT2D eigenvalue weighted by Crippen LogP contribution is -2.76. The van der Waals surface area contributed by atoms with Crippen molar-refractivity contribution in [2.24, 2.45) is 5.92 Å². The first kappa shape index (κ1) is 21.2. The molecule has 0 bridgehead atoms. The molecule has 1 aliphatic carbocycles. The standard InChI is InChI=1S/C21H25NO7/c1-11-8-13(12-4-3-5-14(9-12)19(26)22-2)6-7-16(11)29-20(27)21(28)15(10-23)17(24)18(21)25/h3-9,15,17-18,20,23-25,27-28H,10H2,1-2H3,(H,22,26). The summed E-state index contributed by atoms with van der Waals surface area (Å²) in [5.74, 6) is -1.05. The van der Waals surface area contributed by atoms with E-state index >= 15 is 0 Å². The summed E-state index contributed by atoms with van der Waals surface area (Å²) in [4.78, 5) is 11.8. The van der Waals surface area contributed by atoms with Crippen LogP contribution in [0.4, 0.5) is 0 Å². The van der Waals surface area contributed by atoms with Crippen molar-refractivity contribution in [1.82, 2.24) is 5.32 Å². The van der Waals surface area contributed by atoms with Crippen LogP contribution in [0.1, 0.15) is 15.9 Å². The van der Waals surface area contributed by atoms with E-state index in [0.29, 0.717) is 11.1 Å². The number of rotatable bonds is 6. The van der Waals surface area contributed by atoms with Crippen molar-refractivity contribution in [2.75, 3.05) is 13.7 Å². The first-order chi connectivity index (χ1) is 13.7. The molecule has 2 aromatic carbocycles. The lowest BCUT2D eigenvalue weighted by molar-refractivity contribution is -0.332. The van der Waals surface area contributed by atoms with Gasteiger partial charge >= 0.3 is 0 Å². The minimum absolute atomic E-state index is 0.195. The second-order valence-corrected chi connectivity index (χ2v) is 7.22. The van der Waals surface area contributed by atoms with Crippen molar-refractivity contribution in [3.05, 3.63) is 53.6 Å². The normalized spacial score (nSPS) is 27.1. The highest BCUT2D eigenvalue weighted by atomic mass is 16.6. The molecule has 3 rings (SSSR count). The quantitative estimate of drug-likeness (QED) is 0.367. The Balaban J connectivity index is 1.81. The zero-order valence-corrected chi connectivity index (χ0v) is 16.1. The number of aliphatic hydroxyl groups is 5. The van der Waals surface area contributed by atoms with Gasteiger partial charge in [-0.25, -0.2) is 0 Å². The average Bonchev–Trinajstić information content (AvgIpc) is 2.74. The zero-order valence-electron chi connectivity index (χ0n) is 16.1. The zero-order chi connectivity index (χ0) is 21.3. The van der Waals surface area contributed by atoms with E-state index in [-0.39, 0.29) is 11.7 Å². The summed E-state index contributed by atoms with van der Waals surface area (Å²) in [5, 5.41) is 52.2. The van der Waals surface area contributed by atoms with Crippen LogP contribution < -0.4 is 10.1 Å². The highest BCUT2D eigenvalue weighted by molar-refractivity contribution is 5.95. The highest BCUT2D eigenvalue weighted by Gasteiger charge is 2.65. The molecule has 2 aromatic rings. The molecule has 1 fully saturated rings. The molecule has 0 spiro atoms. The number of amides is 1. The van der Waals surface area contributed by atoms with Gasteiger partial charge in [-0.3, -0.25) is 4.79 Å². The number of carbonyl (C=O) groups excluding carboxylic acids is 1. The Morgan fingerprint density at radius 1 is 1.21 bits per heavy atom. The van der Waals surface area contributed by atoms with Crippen molar-refractivity contribution in [3.63, 3.8) is 0 Å². The molecule has 5 unspecified atom stereocenters. The smallest absolute Gasteiger partial charge is 0.251 e. The molecule has 8 heteroatoms. The van der Waals surface area contributed by atoms with Crippen LogP contribution >= 0.6 is 0 Å². The Labute approximate surface area is 168 Å². The van der Waals surface area contributed by atoms with Gasteiger partial charge in [-0.15, -0.1) is 0 Å². The van der Waals surface area contributed by atoms with Gasteiger partial charge in [-0.1, -0.05) is 18.2 Å². The van der Waals surface area contributed by atoms with Crippen LogP contribution in [0.3, 0.4) is 0 Å². The fourth-order valence-corrected chi connectivity index (χ4v) is 3.61. The number of hydrogen-bond donors (Lipinski definition) is 6. The number of nitrogens with one attached hydrogen (secondary N) is 1. The van der Waals surface area contributed by atoms with Gasteiger partial charge in [0.2, 0.25) is 6.29 Å². The lowest BCUT2D eigenvalue weighted by Gasteiger charge is -2.53. The summed E-state index contributed by atoms with van der Waals surface area (Å²) in [7, 11) is 1.56. The van der Waals surface area contributed by atoms with Gasteiger partial charge in [0.05, 0.1) is 12.7 Å². The van der Waals surface area contributed by atoms with Crippen LogP contribution in [0, 0.1) is 12.8 Å². The molecular weight excluding hydrogens is 378 g/mol. The van der Waals surface area contributed by atoms with Crippen LogP contribution in [0.2, 0.25) is 0 Å². The molecule has 1 amide bonds. The first-order valence-corrected chi connectivity index (χ1v) is 9.21. The van der Waals surface area contributed by atoms with Gasteiger partial charge in [0.15, 0.2) is 5.60 Å². The molecule has 0 saturated heterocycles. The number of ether oxygens (including phenoxy) is 1. The van der Waals surface area contributed by atoms with Crippen molar-refractivity contribution in [1.29, 1.82) is 0 Å². The summed E-state index contributed by atoms with van der Waals surface area (Å²) in [6.45, 7) is 1.13. The molecular formula is C21H25NO7. The third-order valence-electron chi connectivity index (χ3n) is 5.49. The number of aryl methyl sites for hydroxylation is 1. The first-order valence-electron chi connectivity index (χ1n) is 9.21. The molecule has 0 heterocycles. The maximum absolute atomic E-state index is 11.8. The summed E-state index contributed by atoms with van der Waals surface area (Å²) in [6, 6.07) is 12.2. The SMILES string of the molecule is CNC(=O)c1cccc(-c2ccc(OC(O)C3(O)C(O)C(O)C3CO)c(C)c2)c1. The van der Waals surface area contributed by atoms with Crippen LogP contribution in [0.5, 0.6) is 5.75 Å². The van der Waals surface area contributed by atoms with Crippen molar-refractivity contribution >= 4 is 5.91 Å². The maximum Gasteiger partial charge on any atom is 0.251 e. The Bertz CT molecular complexity index is 902. The third-order valence-corrected chi connectivity index (χ3v) is 5.49. The van der Waals surface area contributed by atoms with Crippen LogP contribution in [0.15, 0.2) is 42.5 Å². The fourth-order valence-electron chi connectivity index (χ4n) is 3.61. The largest absolute Gasteiger partial charge is 0.462 e. The second-order valence-electron chi connectivity index (χ2n) is 7.22. The van der Waals surface area contributed by atoms with Gasteiger partial charge in [0, 0.05) is 18.5 Å². The van der Waals surface area contributed by atoms with E-state index in [1.54, 1.807) is 50.4 Å². The molecule has 1 saturated carbocycles. The van der Waals surface area contributed by atoms with Crippen molar-refractivity contribution in [2.45, 2.75) is 31.0 Å². The number of hydrogen-bond acceptors (Lipinski definition) is 7. The Hall–Kier alpha value is -2.49. The average molecular weight is 403 g/mol. The number of benzene rings is 2. The van der Waals surface area contributed by atoms with E-state index in [2.05, 4.69) is 5.32 Å². The molecule has 8 nitrogen and oxygen atoms in total. The lowest BCUT2D eigenvalue weighted by atomic mass is 9.64. The predicted octanol–water partition coefficient (Wildman–Crippen LogP) is -0.206. The van der Waals surface area contributed by atoms with E-state index in [4.69, 9.17) is 4.74 Å². The van der Waals surface area contributed by atoms with Crippen LogP contribution in [-0.4, -0.2) is 69.2 Å². The molecule has 1 aliphatic rings. The Kier molecular flexibility index (Phi) is 5.92. The van der Waals surface area contributed by atoms with Gasteiger partial charge in [-0.05, 0) is 47.9 Å². The monoisotopic (exact) mass is 403 g/mol. The maximum atomic E-state index is 11.8. The van der Waals surface area contributed by atoms with Gasteiger partial charge in [0.25, 0.3) is 5.91 Å². The van der Waals surface area contributed by atoms with Crippen LogP contribution in [0.25, 0.3) is 11.1 Å². The topological polar surface area (TPSA) is 139 Å². The summed E-state index contributed by atoms with van der Waals surface area (Å²) >= 11 is 0. The minimum Gasteiger partial charge on any atom is -0.462 e. The molecule has 0 aliphatic heterocycles. The van der Waals surface area contributed by atoms with E-state index in [1.807, 2.05) is 6.07 Å². The minimum atomic E-state index is -2.18. The van der Waals surface area contributed by atoms with Gasteiger partial charge < -0.3 is 35.6 Å². The molecule has 6 N–H and O–H groups in total. The van der Waals surface area contributed by atoms with Crippen molar-refractivity contribution in [3.8, 4) is 16.9 Å². The Morgan fingerprint density at radius 2 is 1.90 bits per heavy atom.